The molecule has 5 nitrogen and oxygen atoms in total. The van der Waals surface area contributed by atoms with Crippen molar-refractivity contribution in [1.29, 1.82) is 0 Å². The molecule has 0 N–H and O–H groups in total. The summed E-state index contributed by atoms with van der Waals surface area (Å²) in [5, 5.41) is 0. The summed E-state index contributed by atoms with van der Waals surface area (Å²) >= 11 is 0. The molecular weight excluding hydrogens is 300 g/mol. The largest absolute Gasteiger partial charge is 0.341 e. The van der Waals surface area contributed by atoms with E-state index in [4.69, 9.17) is 0 Å². The summed E-state index contributed by atoms with van der Waals surface area (Å²) in [6.07, 6.45) is 2.85. The molecule has 1 aliphatic heterocycles. The van der Waals surface area contributed by atoms with Crippen LogP contribution in [-0.4, -0.2) is 56.0 Å². The van der Waals surface area contributed by atoms with Crippen molar-refractivity contribution >= 4 is 15.9 Å². The molecule has 120 valence electrons. The molecule has 1 saturated carbocycles. The van der Waals surface area contributed by atoms with E-state index >= 15 is 0 Å². The Labute approximate surface area is 132 Å². The normalized spacial score (nSPS) is 26.5. The standard InChI is InChI=1S/C16H22N2O3S/c1-22(20,21)18-9-5-8-17(10-11-18)16(19)15-12-14(15)13-6-3-2-4-7-13/h2-4,6-7,14-15H,5,8-12H2,1H3/t14-,15+/m0/s1. The Hall–Kier alpha value is -1.40. The van der Waals surface area contributed by atoms with Gasteiger partial charge in [-0.25, -0.2) is 12.7 Å². The maximum Gasteiger partial charge on any atom is 0.226 e. The molecule has 1 heterocycles. The zero-order valence-corrected chi connectivity index (χ0v) is 13.6. The van der Waals surface area contributed by atoms with Gasteiger partial charge in [-0.3, -0.25) is 4.79 Å². The van der Waals surface area contributed by atoms with E-state index in [1.54, 1.807) is 0 Å². The summed E-state index contributed by atoms with van der Waals surface area (Å²) in [6, 6.07) is 10.1. The second kappa shape index (κ2) is 6.01. The summed E-state index contributed by atoms with van der Waals surface area (Å²) in [7, 11) is -3.16. The number of benzene rings is 1. The van der Waals surface area contributed by atoms with Crippen molar-refractivity contribution in [2.45, 2.75) is 18.8 Å². The SMILES string of the molecule is CS(=O)(=O)N1CCCN(C(=O)[C@@H]2C[C@H]2c2ccccc2)CC1. The first-order valence-corrected chi connectivity index (χ1v) is 9.60. The summed E-state index contributed by atoms with van der Waals surface area (Å²) < 4.78 is 24.7. The van der Waals surface area contributed by atoms with Crippen molar-refractivity contribution in [3.8, 4) is 0 Å². The third-order valence-corrected chi connectivity index (χ3v) is 5.87. The van der Waals surface area contributed by atoms with Crippen molar-refractivity contribution in [3.05, 3.63) is 35.9 Å². The van der Waals surface area contributed by atoms with Gasteiger partial charge in [0.2, 0.25) is 15.9 Å². The van der Waals surface area contributed by atoms with Crippen LogP contribution in [0.4, 0.5) is 0 Å². The van der Waals surface area contributed by atoms with E-state index in [1.807, 2.05) is 23.1 Å². The topological polar surface area (TPSA) is 57.7 Å². The third kappa shape index (κ3) is 3.33. The van der Waals surface area contributed by atoms with Gasteiger partial charge in [-0.1, -0.05) is 30.3 Å². The molecule has 1 aromatic carbocycles. The monoisotopic (exact) mass is 322 g/mol. The van der Waals surface area contributed by atoms with Crippen molar-refractivity contribution in [1.82, 2.24) is 9.21 Å². The summed E-state index contributed by atoms with van der Waals surface area (Å²) in [4.78, 5) is 14.5. The van der Waals surface area contributed by atoms with Crippen LogP contribution in [0.1, 0.15) is 24.3 Å². The van der Waals surface area contributed by atoms with Crippen LogP contribution in [0.5, 0.6) is 0 Å². The van der Waals surface area contributed by atoms with E-state index in [-0.39, 0.29) is 11.8 Å². The number of amides is 1. The van der Waals surface area contributed by atoms with Crippen LogP contribution in [0.2, 0.25) is 0 Å². The number of sulfonamides is 1. The highest BCUT2D eigenvalue weighted by Crippen LogP contribution is 2.48. The van der Waals surface area contributed by atoms with Crippen LogP contribution in [0.15, 0.2) is 30.3 Å². The summed E-state index contributed by atoms with van der Waals surface area (Å²) in [5.41, 5.74) is 1.23. The minimum Gasteiger partial charge on any atom is -0.341 e. The first-order valence-electron chi connectivity index (χ1n) is 7.75. The fourth-order valence-corrected chi connectivity index (χ4v) is 4.09. The predicted octanol–water partition coefficient (Wildman–Crippen LogP) is 1.28. The van der Waals surface area contributed by atoms with Gasteiger partial charge in [-0.2, -0.15) is 0 Å². The number of hydrogen-bond acceptors (Lipinski definition) is 3. The van der Waals surface area contributed by atoms with E-state index in [0.717, 1.165) is 6.42 Å². The van der Waals surface area contributed by atoms with Gasteiger partial charge in [0, 0.05) is 32.1 Å². The minimum absolute atomic E-state index is 0.0761. The van der Waals surface area contributed by atoms with Crippen LogP contribution in [0.3, 0.4) is 0 Å². The van der Waals surface area contributed by atoms with E-state index in [1.165, 1.54) is 16.1 Å². The minimum atomic E-state index is -3.16. The highest BCUT2D eigenvalue weighted by Gasteiger charge is 2.45. The fourth-order valence-electron chi connectivity index (χ4n) is 3.22. The Kier molecular flexibility index (Phi) is 4.23. The molecule has 1 amide bonds. The van der Waals surface area contributed by atoms with Gasteiger partial charge in [-0.05, 0) is 24.3 Å². The van der Waals surface area contributed by atoms with Gasteiger partial charge >= 0.3 is 0 Å². The van der Waals surface area contributed by atoms with Gasteiger partial charge in [-0.15, -0.1) is 0 Å². The molecule has 2 fully saturated rings. The maximum absolute atomic E-state index is 12.6. The molecule has 2 atom stereocenters. The molecule has 22 heavy (non-hydrogen) atoms. The van der Waals surface area contributed by atoms with E-state index in [2.05, 4.69) is 12.1 Å². The molecule has 0 aromatic heterocycles. The molecule has 2 aliphatic rings. The molecule has 0 unspecified atom stereocenters. The van der Waals surface area contributed by atoms with Gasteiger partial charge in [0.05, 0.1) is 6.26 Å². The maximum atomic E-state index is 12.6. The zero-order chi connectivity index (χ0) is 15.7. The van der Waals surface area contributed by atoms with Crippen LogP contribution < -0.4 is 0 Å². The quantitative estimate of drug-likeness (QED) is 0.842. The summed E-state index contributed by atoms with van der Waals surface area (Å²) in [6.45, 7) is 2.08. The molecule has 0 bridgehead atoms. The van der Waals surface area contributed by atoms with Crippen molar-refractivity contribution < 1.29 is 13.2 Å². The Morgan fingerprint density at radius 2 is 1.82 bits per heavy atom. The first kappa shape index (κ1) is 15.5. The first-order chi connectivity index (χ1) is 10.5. The zero-order valence-electron chi connectivity index (χ0n) is 12.8. The van der Waals surface area contributed by atoms with Crippen LogP contribution in [0.25, 0.3) is 0 Å². The van der Waals surface area contributed by atoms with Gasteiger partial charge in [0.25, 0.3) is 0 Å². The van der Waals surface area contributed by atoms with Gasteiger partial charge < -0.3 is 4.90 Å². The Balaban J connectivity index is 1.60. The number of nitrogens with zero attached hydrogens (tertiary/aromatic N) is 2. The van der Waals surface area contributed by atoms with E-state index < -0.39 is 10.0 Å². The smallest absolute Gasteiger partial charge is 0.226 e. The Bertz CT molecular complexity index is 645. The second-order valence-electron chi connectivity index (χ2n) is 6.20. The molecule has 1 saturated heterocycles. The number of rotatable bonds is 3. The average molecular weight is 322 g/mol. The Morgan fingerprint density at radius 1 is 1.09 bits per heavy atom. The second-order valence-corrected chi connectivity index (χ2v) is 8.18. The molecule has 0 radical (unpaired) electrons. The molecule has 6 heteroatoms. The summed E-state index contributed by atoms with van der Waals surface area (Å²) in [5.74, 6) is 0.597. The van der Waals surface area contributed by atoms with Gasteiger partial charge in [0.15, 0.2) is 0 Å². The number of carbonyl (C=O) groups excluding carboxylic acids is 1. The molecule has 1 aromatic rings. The van der Waals surface area contributed by atoms with Crippen LogP contribution >= 0.6 is 0 Å². The fraction of sp³-hybridized carbons (Fsp3) is 0.562. The van der Waals surface area contributed by atoms with E-state index in [9.17, 15) is 13.2 Å². The lowest BCUT2D eigenvalue weighted by atomic mass is 10.1. The molecule has 3 rings (SSSR count). The average Bonchev–Trinajstić information content (AvgIpc) is 3.30. The van der Waals surface area contributed by atoms with Crippen LogP contribution in [0, 0.1) is 5.92 Å². The number of hydrogen-bond donors (Lipinski definition) is 0. The molecule has 0 spiro atoms. The number of carbonyl (C=O) groups is 1. The van der Waals surface area contributed by atoms with E-state index in [0.29, 0.717) is 38.5 Å². The molecule has 1 aliphatic carbocycles. The Morgan fingerprint density at radius 3 is 2.50 bits per heavy atom. The van der Waals surface area contributed by atoms with Crippen molar-refractivity contribution in [2.75, 3.05) is 32.4 Å². The van der Waals surface area contributed by atoms with Gasteiger partial charge in [0.1, 0.15) is 0 Å². The van der Waals surface area contributed by atoms with Crippen molar-refractivity contribution in [3.63, 3.8) is 0 Å². The highest BCUT2D eigenvalue weighted by molar-refractivity contribution is 7.88. The van der Waals surface area contributed by atoms with Crippen molar-refractivity contribution in [2.24, 2.45) is 5.92 Å². The highest BCUT2D eigenvalue weighted by atomic mass is 32.2. The predicted molar refractivity (Wildman–Crippen MR) is 84.9 cm³/mol. The molecular formula is C16H22N2O3S. The lowest BCUT2D eigenvalue weighted by Gasteiger charge is -2.21. The lowest BCUT2D eigenvalue weighted by molar-refractivity contribution is -0.132. The van der Waals surface area contributed by atoms with Crippen LogP contribution in [-0.2, 0) is 14.8 Å². The third-order valence-electron chi connectivity index (χ3n) is 4.57. The lowest BCUT2D eigenvalue weighted by Crippen LogP contribution is -2.37.